The molecule has 1 N–H and O–H groups in total. The molecule has 0 bridgehead atoms. The highest BCUT2D eigenvalue weighted by Crippen LogP contribution is 2.61. The van der Waals surface area contributed by atoms with Crippen LogP contribution in [0.15, 0.2) is 35.5 Å². The molecule has 0 amide bonds. The summed E-state index contributed by atoms with van der Waals surface area (Å²) in [4.78, 5) is 15.1. The highest BCUT2D eigenvalue weighted by Gasteiger charge is 2.63. The van der Waals surface area contributed by atoms with Gasteiger partial charge in [0, 0.05) is 17.4 Å². The Balaban J connectivity index is 2.01. The Hall–Kier alpha value is -1.81. The number of likely N-dealkylation sites (tertiary alicyclic amines) is 1. The number of nitrogens with one attached hydrogen (secondary N) is 1. The van der Waals surface area contributed by atoms with Crippen molar-refractivity contribution in [3.63, 3.8) is 0 Å². The molecule has 1 saturated heterocycles. The molecular formula is C20H26N2O2. The summed E-state index contributed by atoms with van der Waals surface area (Å²) in [6.45, 7) is 8.95. The molecule has 4 nitrogen and oxygen atoms in total. The summed E-state index contributed by atoms with van der Waals surface area (Å²) < 4.78 is 5.14. The molecule has 2 aliphatic heterocycles. The summed E-state index contributed by atoms with van der Waals surface area (Å²) in [5.41, 5.74) is 4.31. The van der Waals surface area contributed by atoms with Gasteiger partial charge in [-0.3, -0.25) is 4.90 Å². The molecule has 1 aromatic carbocycles. The normalized spacial score (nSPS) is 30.4. The Labute approximate surface area is 143 Å². The van der Waals surface area contributed by atoms with Crippen molar-refractivity contribution in [1.82, 2.24) is 4.90 Å². The minimum absolute atomic E-state index is 0.0126. The molecule has 1 aliphatic carbocycles. The lowest BCUT2D eigenvalue weighted by Crippen LogP contribution is -2.55. The van der Waals surface area contributed by atoms with Crippen molar-refractivity contribution in [1.29, 1.82) is 0 Å². The third kappa shape index (κ3) is 1.80. The standard InChI is InChI=1S/C20H26N2O2/c1-5-22-11-10-20-14-8-6-7-9-15(14)21-16(20)13(17(23)24-4)12-19(2,3)18(20)22/h6-9,18,21H,5,10-12H2,1-4H3. The van der Waals surface area contributed by atoms with Crippen molar-refractivity contribution in [2.75, 3.05) is 25.5 Å². The number of benzene rings is 1. The first-order chi connectivity index (χ1) is 11.5. The Kier molecular flexibility index (Phi) is 3.33. The average Bonchev–Trinajstić information content (AvgIpc) is 3.13. The van der Waals surface area contributed by atoms with Gasteiger partial charge in [0.15, 0.2) is 0 Å². The van der Waals surface area contributed by atoms with E-state index in [1.165, 1.54) is 12.7 Å². The lowest BCUT2D eigenvalue weighted by atomic mass is 9.58. The van der Waals surface area contributed by atoms with E-state index in [0.29, 0.717) is 6.04 Å². The topological polar surface area (TPSA) is 41.6 Å². The molecule has 1 fully saturated rings. The summed E-state index contributed by atoms with van der Waals surface area (Å²) in [5, 5.41) is 3.60. The Morgan fingerprint density at radius 2 is 2.12 bits per heavy atom. The van der Waals surface area contributed by atoms with Crippen LogP contribution in [0.5, 0.6) is 0 Å². The molecule has 1 spiro atoms. The second-order valence-electron chi connectivity index (χ2n) is 7.93. The van der Waals surface area contributed by atoms with Crippen molar-refractivity contribution in [2.24, 2.45) is 5.41 Å². The fourth-order valence-corrected chi connectivity index (χ4v) is 5.59. The van der Waals surface area contributed by atoms with E-state index in [4.69, 9.17) is 4.74 Å². The molecule has 0 saturated carbocycles. The number of carbonyl (C=O) groups is 1. The van der Waals surface area contributed by atoms with Crippen LogP contribution in [0.2, 0.25) is 0 Å². The number of hydrogen-bond donors (Lipinski definition) is 1. The van der Waals surface area contributed by atoms with Gasteiger partial charge in [-0.25, -0.2) is 4.79 Å². The fourth-order valence-electron chi connectivity index (χ4n) is 5.59. The van der Waals surface area contributed by atoms with Gasteiger partial charge in [-0.2, -0.15) is 0 Å². The maximum Gasteiger partial charge on any atom is 0.335 e. The Bertz CT molecular complexity index is 737. The smallest absolute Gasteiger partial charge is 0.335 e. The molecular weight excluding hydrogens is 300 g/mol. The van der Waals surface area contributed by atoms with Gasteiger partial charge in [0.05, 0.1) is 18.1 Å². The molecule has 128 valence electrons. The first-order valence-electron chi connectivity index (χ1n) is 8.88. The van der Waals surface area contributed by atoms with E-state index >= 15 is 0 Å². The maximum atomic E-state index is 12.6. The minimum atomic E-state index is -0.189. The van der Waals surface area contributed by atoms with Crippen LogP contribution in [0.25, 0.3) is 0 Å². The van der Waals surface area contributed by atoms with Crippen molar-refractivity contribution >= 4 is 11.7 Å². The Morgan fingerprint density at radius 3 is 2.83 bits per heavy atom. The van der Waals surface area contributed by atoms with E-state index in [0.717, 1.165) is 42.9 Å². The first-order valence-corrected chi connectivity index (χ1v) is 8.88. The highest BCUT2D eigenvalue weighted by molar-refractivity contribution is 5.93. The third-order valence-electron chi connectivity index (χ3n) is 6.25. The van der Waals surface area contributed by atoms with Crippen molar-refractivity contribution in [3.8, 4) is 0 Å². The number of para-hydroxylation sites is 1. The minimum Gasteiger partial charge on any atom is -0.466 e. The summed E-state index contributed by atoms with van der Waals surface area (Å²) in [6.07, 6.45) is 1.80. The second kappa shape index (κ2) is 5.09. The number of likely N-dealkylation sites (N-methyl/N-ethyl adjacent to an activating group) is 1. The molecule has 1 aromatic rings. The summed E-state index contributed by atoms with van der Waals surface area (Å²) in [6, 6.07) is 8.93. The van der Waals surface area contributed by atoms with Crippen LogP contribution in [-0.4, -0.2) is 37.1 Å². The van der Waals surface area contributed by atoms with Crippen LogP contribution >= 0.6 is 0 Å². The van der Waals surface area contributed by atoms with Gasteiger partial charge in [-0.05, 0) is 43.0 Å². The molecule has 2 unspecified atom stereocenters. The number of anilines is 1. The van der Waals surface area contributed by atoms with E-state index in [1.807, 2.05) is 0 Å². The van der Waals surface area contributed by atoms with E-state index in [9.17, 15) is 4.79 Å². The molecule has 0 aromatic heterocycles. The third-order valence-corrected chi connectivity index (χ3v) is 6.25. The summed E-state index contributed by atoms with van der Waals surface area (Å²) in [5.74, 6) is -0.189. The van der Waals surface area contributed by atoms with Gasteiger partial charge >= 0.3 is 5.97 Å². The van der Waals surface area contributed by atoms with Crippen molar-refractivity contribution in [3.05, 3.63) is 41.1 Å². The maximum absolute atomic E-state index is 12.6. The van der Waals surface area contributed by atoms with Crippen LogP contribution in [0.3, 0.4) is 0 Å². The molecule has 24 heavy (non-hydrogen) atoms. The number of carbonyl (C=O) groups excluding carboxylic acids is 1. The monoisotopic (exact) mass is 326 g/mol. The number of fused-ring (bicyclic) bond motifs is 1. The molecule has 2 atom stereocenters. The van der Waals surface area contributed by atoms with Crippen LogP contribution in [0.4, 0.5) is 5.69 Å². The number of hydrogen-bond acceptors (Lipinski definition) is 4. The number of rotatable bonds is 2. The van der Waals surface area contributed by atoms with Gasteiger partial charge in [0.2, 0.25) is 0 Å². The largest absolute Gasteiger partial charge is 0.466 e. The zero-order valence-corrected chi connectivity index (χ0v) is 15.0. The zero-order chi connectivity index (χ0) is 17.1. The summed E-state index contributed by atoms with van der Waals surface area (Å²) >= 11 is 0. The fraction of sp³-hybridized carbons (Fsp3) is 0.550. The van der Waals surface area contributed by atoms with E-state index in [2.05, 4.69) is 55.3 Å². The van der Waals surface area contributed by atoms with Gasteiger partial charge in [-0.1, -0.05) is 39.0 Å². The zero-order valence-electron chi connectivity index (χ0n) is 15.0. The van der Waals surface area contributed by atoms with E-state index in [-0.39, 0.29) is 16.8 Å². The molecule has 3 aliphatic rings. The van der Waals surface area contributed by atoms with Gasteiger partial charge in [0.1, 0.15) is 0 Å². The van der Waals surface area contributed by atoms with Crippen molar-refractivity contribution < 1.29 is 9.53 Å². The van der Waals surface area contributed by atoms with Crippen LogP contribution in [0.1, 0.15) is 39.2 Å². The molecule has 4 rings (SSSR count). The average molecular weight is 326 g/mol. The quantitative estimate of drug-likeness (QED) is 0.847. The second-order valence-corrected chi connectivity index (χ2v) is 7.93. The Morgan fingerprint density at radius 1 is 1.38 bits per heavy atom. The predicted octanol–water partition coefficient (Wildman–Crippen LogP) is 3.30. The molecule has 4 heteroatoms. The van der Waals surface area contributed by atoms with Crippen LogP contribution in [0, 0.1) is 5.41 Å². The lowest BCUT2D eigenvalue weighted by Gasteiger charge is -2.50. The SMILES string of the molecule is CCN1CCC23C(=C(C(=O)OC)CC(C)(C)C12)Nc1ccccc13. The number of esters is 1. The molecule has 2 heterocycles. The molecule has 0 radical (unpaired) electrons. The highest BCUT2D eigenvalue weighted by atomic mass is 16.5. The number of nitrogens with zero attached hydrogens (tertiary/aromatic N) is 1. The predicted molar refractivity (Wildman–Crippen MR) is 94.8 cm³/mol. The van der Waals surface area contributed by atoms with E-state index < -0.39 is 0 Å². The van der Waals surface area contributed by atoms with Gasteiger partial charge in [0.25, 0.3) is 0 Å². The van der Waals surface area contributed by atoms with Crippen LogP contribution in [-0.2, 0) is 14.9 Å². The van der Waals surface area contributed by atoms with Gasteiger partial charge in [-0.15, -0.1) is 0 Å². The lowest BCUT2D eigenvalue weighted by molar-refractivity contribution is -0.137. The van der Waals surface area contributed by atoms with E-state index in [1.54, 1.807) is 0 Å². The van der Waals surface area contributed by atoms with Crippen LogP contribution < -0.4 is 5.32 Å². The van der Waals surface area contributed by atoms with Gasteiger partial charge < -0.3 is 10.1 Å². The number of ether oxygens (including phenoxy) is 1. The first kappa shape index (κ1) is 15.7. The number of methoxy groups -OCH3 is 1. The summed E-state index contributed by atoms with van der Waals surface area (Å²) in [7, 11) is 1.48. The van der Waals surface area contributed by atoms with Crippen molar-refractivity contribution in [2.45, 2.75) is 45.1 Å².